The summed E-state index contributed by atoms with van der Waals surface area (Å²) in [5.41, 5.74) is 2.85. The Kier molecular flexibility index (Phi) is 1.95. The van der Waals surface area contributed by atoms with Crippen LogP contribution in [0.1, 0.15) is 9.75 Å². The van der Waals surface area contributed by atoms with Crippen LogP contribution in [0.3, 0.4) is 0 Å². The van der Waals surface area contributed by atoms with E-state index in [9.17, 15) is 0 Å². The molecule has 0 nitrogen and oxygen atoms in total. The summed E-state index contributed by atoms with van der Waals surface area (Å²) < 4.78 is 2.48. The van der Waals surface area contributed by atoms with Gasteiger partial charge in [-0.05, 0) is 55.1 Å². The summed E-state index contributed by atoms with van der Waals surface area (Å²) in [6.07, 6.45) is 1.12. The Morgan fingerprint density at radius 2 is 1.38 bits per heavy atom. The van der Waals surface area contributed by atoms with Crippen LogP contribution in [0.25, 0.3) is 11.1 Å². The fraction of sp³-hybridized carbons (Fsp3) is 0.111. The maximum atomic E-state index is 3.53. The minimum absolute atomic E-state index is 1.12. The molecular weight excluding hydrogens is 332 g/mol. The smallest absolute Gasteiger partial charge is 0.0707 e. The molecule has 0 saturated heterocycles. The fourth-order valence-electron chi connectivity index (χ4n) is 1.66. The highest BCUT2D eigenvalue weighted by Crippen LogP contribution is 2.47. The SMILES string of the molecule is Brc1cc2c(s1)Cc1sc(Br)cc1-2. The lowest BCUT2D eigenvalue weighted by atomic mass is 10.2. The van der Waals surface area contributed by atoms with Crippen LogP contribution in [-0.4, -0.2) is 0 Å². The van der Waals surface area contributed by atoms with Crippen LogP contribution in [0.2, 0.25) is 0 Å². The van der Waals surface area contributed by atoms with Gasteiger partial charge in [-0.2, -0.15) is 0 Å². The zero-order valence-corrected chi connectivity index (χ0v) is 11.2. The van der Waals surface area contributed by atoms with Gasteiger partial charge in [-0.15, -0.1) is 22.7 Å². The highest BCUT2D eigenvalue weighted by molar-refractivity contribution is 9.11. The van der Waals surface area contributed by atoms with Crippen molar-refractivity contribution in [2.75, 3.05) is 0 Å². The van der Waals surface area contributed by atoms with Crippen molar-refractivity contribution in [3.63, 3.8) is 0 Å². The van der Waals surface area contributed by atoms with Crippen molar-refractivity contribution < 1.29 is 0 Å². The normalized spacial score (nSPS) is 13.1. The standard InChI is InChI=1S/C9H4Br2S2/c10-8-1-4-5-2-9(11)13-7(5)3-6(4)12-8/h1-2H,3H2. The van der Waals surface area contributed by atoms with E-state index in [2.05, 4.69) is 44.0 Å². The van der Waals surface area contributed by atoms with Crippen LogP contribution in [0.4, 0.5) is 0 Å². The molecule has 0 unspecified atom stereocenters. The molecule has 0 amide bonds. The van der Waals surface area contributed by atoms with Crippen LogP contribution in [0.5, 0.6) is 0 Å². The molecule has 2 aromatic rings. The molecule has 0 aliphatic heterocycles. The van der Waals surface area contributed by atoms with Crippen LogP contribution < -0.4 is 0 Å². The van der Waals surface area contributed by atoms with Gasteiger partial charge >= 0.3 is 0 Å². The van der Waals surface area contributed by atoms with E-state index in [4.69, 9.17) is 0 Å². The molecule has 2 heterocycles. The molecule has 0 bridgehead atoms. The highest BCUT2D eigenvalue weighted by atomic mass is 79.9. The predicted octanol–water partition coefficient (Wildman–Crippen LogP) is 4.91. The van der Waals surface area contributed by atoms with Crippen molar-refractivity contribution in [2.24, 2.45) is 0 Å². The maximum absolute atomic E-state index is 3.53. The van der Waals surface area contributed by atoms with Crippen molar-refractivity contribution in [1.82, 2.24) is 0 Å². The topological polar surface area (TPSA) is 0 Å². The van der Waals surface area contributed by atoms with Crippen LogP contribution in [0, 0.1) is 0 Å². The summed E-state index contributed by atoms with van der Waals surface area (Å²) >= 11 is 10.8. The van der Waals surface area contributed by atoms with Crippen LogP contribution >= 0.6 is 54.5 Å². The molecule has 2 aromatic heterocycles. The predicted molar refractivity (Wildman–Crippen MR) is 65.8 cm³/mol. The average Bonchev–Trinajstić information content (AvgIpc) is 2.60. The summed E-state index contributed by atoms with van der Waals surface area (Å²) in [5.74, 6) is 0. The Balaban J connectivity index is 2.28. The van der Waals surface area contributed by atoms with Gasteiger partial charge in [0.15, 0.2) is 0 Å². The van der Waals surface area contributed by atoms with Crippen molar-refractivity contribution in [1.29, 1.82) is 0 Å². The fourth-order valence-corrected chi connectivity index (χ4v) is 5.19. The van der Waals surface area contributed by atoms with E-state index in [1.807, 2.05) is 22.7 Å². The van der Waals surface area contributed by atoms with Crippen LogP contribution in [0.15, 0.2) is 19.7 Å². The van der Waals surface area contributed by atoms with Crippen molar-refractivity contribution in [3.05, 3.63) is 29.5 Å². The van der Waals surface area contributed by atoms with E-state index < -0.39 is 0 Å². The van der Waals surface area contributed by atoms with Crippen molar-refractivity contribution in [3.8, 4) is 11.1 Å². The van der Waals surface area contributed by atoms with Gasteiger partial charge in [0, 0.05) is 16.2 Å². The molecule has 0 N–H and O–H groups in total. The average molecular weight is 336 g/mol. The summed E-state index contributed by atoms with van der Waals surface area (Å²) in [4.78, 5) is 3.00. The number of hydrogen-bond acceptors (Lipinski definition) is 2. The van der Waals surface area contributed by atoms with Gasteiger partial charge in [0.1, 0.15) is 0 Å². The van der Waals surface area contributed by atoms with E-state index >= 15 is 0 Å². The van der Waals surface area contributed by atoms with E-state index in [1.165, 1.54) is 28.5 Å². The first-order chi connectivity index (χ1) is 6.24. The minimum Gasteiger partial charge on any atom is -0.132 e. The lowest BCUT2D eigenvalue weighted by molar-refractivity contribution is 1.38. The molecule has 4 heteroatoms. The van der Waals surface area contributed by atoms with Gasteiger partial charge < -0.3 is 0 Å². The Morgan fingerprint density at radius 3 is 1.85 bits per heavy atom. The summed E-state index contributed by atoms with van der Waals surface area (Å²) in [7, 11) is 0. The number of halogens is 2. The molecule has 0 spiro atoms. The molecule has 0 atom stereocenters. The molecule has 0 fully saturated rings. The third kappa shape index (κ3) is 1.27. The Labute approximate surface area is 101 Å². The maximum Gasteiger partial charge on any atom is 0.0707 e. The second-order valence-electron chi connectivity index (χ2n) is 2.95. The molecule has 1 aliphatic carbocycles. The Bertz CT molecular complexity index is 438. The van der Waals surface area contributed by atoms with Gasteiger partial charge in [0.2, 0.25) is 0 Å². The van der Waals surface area contributed by atoms with Gasteiger partial charge in [0.05, 0.1) is 7.57 Å². The second kappa shape index (κ2) is 2.92. The van der Waals surface area contributed by atoms with Gasteiger partial charge in [-0.3, -0.25) is 0 Å². The molecule has 66 valence electrons. The molecular formula is C9H4Br2S2. The molecule has 0 radical (unpaired) electrons. The zero-order valence-electron chi connectivity index (χ0n) is 6.43. The van der Waals surface area contributed by atoms with Crippen molar-refractivity contribution in [2.45, 2.75) is 6.42 Å². The first-order valence-electron chi connectivity index (χ1n) is 3.81. The first-order valence-corrected chi connectivity index (χ1v) is 7.03. The van der Waals surface area contributed by atoms with E-state index in [0.717, 1.165) is 6.42 Å². The molecule has 1 aliphatic rings. The molecule has 13 heavy (non-hydrogen) atoms. The molecule has 0 aromatic carbocycles. The van der Waals surface area contributed by atoms with Gasteiger partial charge in [-0.1, -0.05) is 0 Å². The summed E-state index contributed by atoms with van der Waals surface area (Å²) in [6.45, 7) is 0. The van der Waals surface area contributed by atoms with E-state index in [0.29, 0.717) is 0 Å². The third-order valence-corrected chi connectivity index (χ3v) is 5.45. The largest absolute Gasteiger partial charge is 0.132 e. The monoisotopic (exact) mass is 334 g/mol. The second-order valence-corrected chi connectivity index (χ2v) is 7.98. The Morgan fingerprint density at radius 1 is 0.923 bits per heavy atom. The van der Waals surface area contributed by atoms with Gasteiger partial charge in [-0.25, -0.2) is 0 Å². The first kappa shape index (κ1) is 8.65. The Hall–Kier alpha value is 0.360. The number of thiophene rings is 2. The molecule has 3 rings (SSSR count). The lowest BCUT2D eigenvalue weighted by Crippen LogP contribution is -1.68. The number of fused-ring (bicyclic) bond motifs is 3. The minimum atomic E-state index is 1.12. The quantitative estimate of drug-likeness (QED) is 0.547. The van der Waals surface area contributed by atoms with Crippen molar-refractivity contribution >= 4 is 54.5 Å². The molecule has 0 saturated carbocycles. The van der Waals surface area contributed by atoms with Crippen LogP contribution in [-0.2, 0) is 6.42 Å². The lowest BCUT2D eigenvalue weighted by Gasteiger charge is -1.86. The number of hydrogen-bond donors (Lipinski definition) is 0. The van der Waals surface area contributed by atoms with Gasteiger partial charge in [0.25, 0.3) is 0 Å². The van der Waals surface area contributed by atoms with E-state index in [1.54, 1.807) is 0 Å². The zero-order chi connectivity index (χ0) is 9.00. The summed E-state index contributed by atoms with van der Waals surface area (Å²) in [6, 6.07) is 4.45. The number of rotatable bonds is 0. The third-order valence-electron chi connectivity index (χ3n) is 2.17. The van der Waals surface area contributed by atoms with E-state index in [-0.39, 0.29) is 0 Å². The highest BCUT2D eigenvalue weighted by Gasteiger charge is 2.23. The summed E-state index contributed by atoms with van der Waals surface area (Å²) in [5, 5.41) is 0.